The fourth-order valence-electron chi connectivity index (χ4n) is 3.15. The Balaban J connectivity index is 1.88. The van der Waals surface area contributed by atoms with Crippen molar-refractivity contribution in [3.8, 4) is 0 Å². The van der Waals surface area contributed by atoms with Gasteiger partial charge in [0, 0.05) is 10.8 Å². The van der Waals surface area contributed by atoms with E-state index in [1.54, 1.807) is 0 Å². The maximum Gasteiger partial charge on any atom is 0.308 e. The average Bonchev–Trinajstić information content (AvgIpc) is 2.59. The van der Waals surface area contributed by atoms with Crippen LogP contribution in [0.2, 0.25) is 0 Å². The molecule has 0 fully saturated rings. The summed E-state index contributed by atoms with van der Waals surface area (Å²) in [5.74, 6) is -0.0458. The Labute approximate surface area is 146 Å². The number of hydrogen-bond donors (Lipinski definition) is 0. The van der Waals surface area contributed by atoms with Crippen LogP contribution in [0, 0.1) is 16.7 Å². The summed E-state index contributed by atoms with van der Waals surface area (Å²) in [6.45, 7) is 6.58. The lowest BCUT2D eigenvalue weighted by Gasteiger charge is -2.30. The first-order valence-corrected chi connectivity index (χ1v) is 9.13. The first kappa shape index (κ1) is 18.5. The maximum absolute atomic E-state index is 11.8. The highest BCUT2D eigenvalue weighted by Crippen LogP contribution is 2.38. The van der Waals surface area contributed by atoms with E-state index in [-0.39, 0.29) is 22.7 Å². The molecule has 0 aromatic rings. The molecule has 2 heteroatoms. The van der Waals surface area contributed by atoms with Gasteiger partial charge in [-0.3, -0.25) is 4.79 Å². The van der Waals surface area contributed by atoms with Gasteiger partial charge in [-0.25, -0.2) is 0 Å². The van der Waals surface area contributed by atoms with Gasteiger partial charge in [0.05, 0.1) is 12.5 Å². The molecular formula is C22H30O2. The molecule has 0 saturated carbocycles. The van der Waals surface area contributed by atoms with Gasteiger partial charge in [0.15, 0.2) is 0 Å². The highest BCUT2D eigenvalue weighted by atomic mass is 16.5. The Bertz CT molecular complexity index is 547. The minimum Gasteiger partial charge on any atom is -0.466 e. The third kappa shape index (κ3) is 4.83. The third-order valence-electron chi connectivity index (χ3n) is 4.82. The largest absolute Gasteiger partial charge is 0.466 e. The van der Waals surface area contributed by atoms with Gasteiger partial charge in [0.25, 0.3) is 0 Å². The Kier molecular flexibility index (Phi) is 6.42. The van der Waals surface area contributed by atoms with Crippen molar-refractivity contribution in [1.82, 2.24) is 0 Å². The van der Waals surface area contributed by atoms with Crippen LogP contribution in [0.5, 0.6) is 0 Å². The van der Waals surface area contributed by atoms with Crippen molar-refractivity contribution in [2.45, 2.75) is 46.5 Å². The monoisotopic (exact) mass is 326 g/mol. The average molecular weight is 326 g/mol. The molecule has 130 valence electrons. The zero-order chi connectivity index (χ0) is 17.5. The van der Waals surface area contributed by atoms with Gasteiger partial charge < -0.3 is 4.74 Å². The number of ether oxygens (including phenoxy) is 1. The Morgan fingerprint density at radius 1 is 1.12 bits per heavy atom. The molecule has 0 radical (unpaired) electrons. The minimum absolute atomic E-state index is 0.0145. The molecule has 0 amide bonds. The van der Waals surface area contributed by atoms with Crippen LogP contribution in [0.15, 0.2) is 60.8 Å². The van der Waals surface area contributed by atoms with Crippen LogP contribution >= 0.6 is 0 Å². The molecule has 2 aliphatic carbocycles. The van der Waals surface area contributed by atoms with E-state index >= 15 is 0 Å². The molecule has 2 nitrogen and oxygen atoms in total. The summed E-state index contributed by atoms with van der Waals surface area (Å²) in [5.41, 5.74) is -0.0706. The summed E-state index contributed by atoms with van der Waals surface area (Å²) < 4.78 is 5.13. The van der Waals surface area contributed by atoms with Crippen LogP contribution in [0.25, 0.3) is 0 Å². The minimum atomic E-state index is -0.0603. The van der Waals surface area contributed by atoms with E-state index < -0.39 is 0 Å². The Hall–Kier alpha value is -1.83. The van der Waals surface area contributed by atoms with Crippen molar-refractivity contribution in [2.75, 3.05) is 6.61 Å². The molecule has 2 aliphatic rings. The molecule has 1 spiro atoms. The molecule has 0 bridgehead atoms. The predicted octanol–water partition coefficient (Wildman–Crippen LogP) is 5.55. The standard InChI is InChI=1S/C22H30O2/c1-4-19(20(23)24-5-2)11-7-10-12-21(3)15-17-22(18-16-21)13-8-6-9-14-22/h8-10,12-19H,4-7,11H2,1-3H3/b12-10-. The molecule has 24 heavy (non-hydrogen) atoms. The normalized spacial score (nSPS) is 21.5. The summed E-state index contributed by atoms with van der Waals surface area (Å²) in [6, 6.07) is 0. The second kappa shape index (κ2) is 8.32. The van der Waals surface area contributed by atoms with Crippen LogP contribution in [0.4, 0.5) is 0 Å². The topological polar surface area (TPSA) is 26.3 Å². The van der Waals surface area contributed by atoms with Crippen LogP contribution in [-0.4, -0.2) is 12.6 Å². The Morgan fingerprint density at radius 3 is 2.38 bits per heavy atom. The van der Waals surface area contributed by atoms with Crippen molar-refractivity contribution in [2.24, 2.45) is 16.7 Å². The lowest BCUT2D eigenvalue weighted by Crippen LogP contribution is -2.19. The SMILES string of the molecule is CCOC(=O)C(CC)CC/C=C\C1(C)C=CC2(C=CCC=C2)C=C1. The van der Waals surface area contributed by atoms with Crippen LogP contribution in [0.1, 0.15) is 46.5 Å². The van der Waals surface area contributed by atoms with Crippen molar-refractivity contribution < 1.29 is 9.53 Å². The Morgan fingerprint density at radius 2 is 1.79 bits per heavy atom. The first-order chi connectivity index (χ1) is 11.5. The zero-order valence-electron chi connectivity index (χ0n) is 15.2. The van der Waals surface area contributed by atoms with Crippen molar-refractivity contribution in [1.29, 1.82) is 0 Å². The van der Waals surface area contributed by atoms with E-state index in [1.165, 1.54) is 0 Å². The molecular weight excluding hydrogens is 296 g/mol. The lowest BCUT2D eigenvalue weighted by molar-refractivity contribution is -0.148. The zero-order valence-corrected chi connectivity index (χ0v) is 15.2. The molecule has 0 aromatic heterocycles. The molecule has 1 unspecified atom stereocenters. The van der Waals surface area contributed by atoms with Crippen molar-refractivity contribution in [3.05, 3.63) is 60.8 Å². The van der Waals surface area contributed by atoms with E-state index in [1.807, 2.05) is 13.8 Å². The van der Waals surface area contributed by atoms with Gasteiger partial charge in [0.1, 0.15) is 0 Å². The summed E-state index contributed by atoms with van der Waals surface area (Å²) in [6.07, 6.45) is 26.1. The molecule has 0 aromatic carbocycles. The molecule has 0 saturated heterocycles. The number of carbonyl (C=O) groups is 1. The highest BCUT2D eigenvalue weighted by molar-refractivity contribution is 5.72. The number of rotatable bonds is 7. The van der Waals surface area contributed by atoms with Gasteiger partial charge >= 0.3 is 5.97 Å². The fraction of sp³-hybridized carbons (Fsp3) is 0.500. The molecule has 1 atom stereocenters. The molecule has 0 N–H and O–H groups in total. The maximum atomic E-state index is 11.8. The molecule has 2 rings (SSSR count). The smallest absolute Gasteiger partial charge is 0.308 e. The summed E-state index contributed by atoms with van der Waals surface area (Å²) in [7, 11) is 0. The summed E-state index contributed by atoms with van der Waals surface area (Å²) >= 11 is 0. The molecule has 0 heterocycles. The van der Waals surface area contributed by atoms with Gasteiger partial charge in [-0.1, -0.05) is 67.7 Å². The van der Waals surface area contributed by atoms with Gasteiger partial charge in [-0.2, -0.15) is 0 Å². The fourth-order valence-corrected chi connectivity index (χ4v) is 3.15. The third-order valence-corrected chi connectivity index (χ3v) is 4.82. The van der Waals surface area contributed by atoms with Gasteiger partial charge in [-0.15, -0.1) is 0 Å². The van der Waals surface area contributed by atoms with E-state index in [0.717, 1.165) is 25.7 Å². The van der Waals surface area contributed by atoms with Crippen LogP contribution in [0.3, 0.4) is 0 Å². The quantitative estimate of drug-likeness (QED) is 0.453. The number of carbonyl (C=O) groups excluding carboxylic acids is 1. The second-order valence-corrected chi connectivity index (χ2v) is 6.91. The summed E-state index contributed by atoms with van der Waals surface area (Å²) in [4.78, 5) is 11.8. The van der Waals surface area contributed by atoms with Gasteiger partial charge in [0.2, 0.25) is 0 Å². The second-order valence-electron chi connectivity index (χ2n) is 6.91. The van der Waals surface area contributed by atoms with E-state index in [4.69, 9.17) is 4.74 Å². The predicted molar refractivity (Wildman–Crippen MR) is 101 cm³/mol. The van der Waals surface area contributed by atoms with Crippen molar-refractivity contribution >= 4 is 5.97 Å². The van der Waals surface area contributed by atoms with Gasteiger partial charge in [-0.05, 0) is 39.5 Å². The summed E-state index contributed by atoms with van der Waals surface area (Å²) in [5, 5.41) is 0. The van der Waals surface area contributed by atoms with E-state index in [9.17, 15) is 4.79 Å². The van der Waals surface area contributed by atoms with Crippen LogP contribution in [-0.2, 0) is 9.53 Å². The number of esters is 1. The number of allylic oxidation sites excluding steroid dienone is 10. The number of hydrogen-bond acceptors (Lipinski definition) is 2. The molecule has 0 aliphatic heterocycles. The van der Waals surface area contributed by atoms with E-state index in [2.05, 4.69) is 67.7 Å². The van der Waals surface area contributed by atoms with Crippen LogP contribution < -0.4 is 0 Å². The van der Waals surface area contributed by atoms with Crippen molar-refractivity contribution in [3.63, 3.8) is 0 Å². The highest BCUT2D eigenvalue weighted by Gasteiger charge is 2.26. The first-order valence-electron chi connectivity index (χ1n) is 9.13. The lowest BCUT2D eigenvalue weighted by atomic mass is 9.74. The van der Waals surface area contributed by atoms with E-state index in [0.29, 0.717) is 6.61 Å².